The van der Waals surface area contributed by atoms with E-state index in [1.54, 1.807) is 6.26 Å². The van der Waals surface area contributed by atoms with Gasteiger partial charge in [0.15, 0.2) is 0 Å². The zero-order valence-corrected chi connectivity index (χ0v) is 8.82. The standard InChI is InChI=1S/C8H20N2OS/c1-8(4-7-12(2)11)10-6-3-5-9/h8,10H,3-7,9H2,1-2H3. The molecule has 0 aromatic rings. The minimum Gasteiger partial charge on any atom is -0.330 e. The Bertz CT molecular complexity index is 130. The van der Waals surface area contributed by atoms with E-state index in [9.17, 15) is 4.21 Å². The summed E-state index contributed by atoms with van der Waals surface area (Å²) in [5.41, 5.74) is 5.35. The van der Waals surface area contributed by atoms with Crippen LogP contribution in [0.3, 0.4) is 0 Å². The Morgan fingerprint density at radius 1 is 1.58 bits per heavy atom. The minimum absolute atomic E-state index is 0.459. The molecule has 3 N–H and O–H groups in total. The molecule has 0 radical (unpaired) electrons. The van der Waals surface area contributed by atoms with Crippen LogP contribution in [0.2, 0.25) is 0 Å². The molecule has 0 aromatic carbocycles. The summed E-state index contributed by atoms with van der Waals surface area (Å²) in [5.74, 6) is 0.788. The summed E-state index contributed by atoms with van der Waals surface area (Å²) in [6.07, 6.45) is 3.74. The van der Waals surface area contributed by atoms with Gasteiger partial charge in [-0.1, -0.05) is 0 Å². The molecule has 0 aliphatic carbocycles. The minimum atomic E-state index is -0.658. The first-order chi connectivity index (χ1) is 5.66. The van der Waals surface area contributed by atoms with Gasteiger partial charge in [0.2, 0.25) is 0 Å². The number of hydrogen-bond donors (Lipinski definition) is 2. The molecule has 74 valence electrons. The van der Waals surface area contributed by atoms with Crippen molar-refractivity contribution < 1.29 is 4.21 Å². The van der Waals surface area contributed by atoms with E-state index in [1.165, 1.54) is 0 Å². The zero-order chi connectivity index (χ0) is 9.40. The molecule has 0 bridgehead atoms. The molecule has 0 amide bonds. The van der Waals surface area contributed by atoms with E-state index in [4.69, 9.17) is 5.73 Å². The molecule has 4 heteroatoms. The molecule has 0 heterocycles. The number of nitrogens with two attached hydrogens (primary N) is 1. The highest BCUT2D eigenvalue weighted by Gasteiger charge is 2.00. The summed E-state index contributed by atoms with van der Waals surface area (Å²) in [5, 5.41) is 3.32. The third-order valence-corrected chi connectivity index (χ3v) is 2.52. The smallest absolute Gasteiger partial charge is 0.0246 e. The van der Waals surface area contributed by atoms with E-state index in [2.05, 4.69) is 12.2 Å². The molecular formula is C8H20N2OS. The van der Waals surface area contributed by atoms with Crippen LogP contribution in [-0.4, -0.2) is 35.3 Å². The fourth-order valence-electron chi connectivity index (χ4n) is 0.895. The molecule has 2 atom stereocenters. The number of rotatable bonds is 7. The molecular weight excluding hydrogens is 172 g/mol. The predicted octanol–water partition coefficient (Wildman–Crippen LogP) is 0.0819. The van der Waals surface area contributed by atoms with E-state index < -0.39 is 10.8 Å². The maximum Gasteiger partial charge on any atom is 0.0246 e. The number of nitrogens with one attached hydrogen (secondary N) is 1. The lowest BCUT2D eigenvalue weighted by Crippen LogP contribution is -2.29. The third kappa shape index (κ3) is 8.17. The van der Waals surface area contributed by atoms with Crippen LogP contribution < -0.4 is 11.1 Å². The first-order valence-corrected chi connectivity index (χ1v) is 6.13. The van der Waals surface area contributed by atoms with Gasteiger partial charge < -0.3 is 11.1 Å². The van der Waals surface area contributed by atoms with Crippen molar-refractivity contribution in [1.82, 2.24) is 5.32 Å². The van der Waals surface area contributed by atoms with Gasteiger partial charge in [-0.15, -0.1) is 0 Å². The maximum atomic E-state index is 10.7. The van der Waals surface area contributed by atoms with Crippen molar-refractivity contribution in [3.63, 3.8) is 0 Å². The quantitative estimate of drug-likeness (QED) is 0.562. The van der Waals surface area contributed by atoms with Crippen LogP contribution in [-0.2, 0) is 10.8 Å². The molecule has 0 aromatic heterocycles. The van der Waals surface area contributed by atoms with Gasteiger partial charge in [0.05, 0.1) is 0 Å². The van der Waals surface area contributed by atoms with Gasteiger partial charge in [0, 0.05) is 28.9 Å². The molecule has 2 unspecified atom stereocenters. The van der Waals surface area contributed by atoms with Gasteiger partial charge >= 0.3 is 0 Å². The van der Waals surface area contributed by atoms with Gasteiger partial charge in [-0.2, -0.15) is 0 Å². The Labute approximate surface area is 77.6 Å². The highest BCUT2D eigenvalue weighted by atomic mass is 32.2. The monoisotopic (exact) mass is 192 g/mol. The Morgan fingerprint density at radius 3 is 2.75 bits per heavy atom. The van der Waals surface area contributed by atoms with Crippen LogP contribution in [0.5, 0.6) is 0 Å². The second kappa shape index (κ2) is 7.71. The van der Waals surface area contributed by atoms with Crippen LogP contribution >= 0.6 is 0 Å². The van der Waals surface area contributed by atoms with Gasteiger partial charge in [-0.3, -0.25) is 4.21 Å². The fourth-order valence-corrected chi connectivity index (χ4v) is 1.58. The topological polar surface area (TPSA) is 55.1 Å². The lowest BCUT2D eigenvalue weighted by atomic mass is 10.2. The largest absolute Gasteiger partial charge is 0.330 e. The highest BCUT2D eigenvalue weighted by molar-refractivity contribution is 7.84. The van der Waals surface area contributed by atoms with Gasteiger partial charge in [-0.05, 0) is 32.9 Å². The summed E-state index contributed by atoms with van der Waals surface area (Å²) in [6, 6.07) is 0.459. The summed E-state index contributed by atoms with van der Waals surface area (Å²) in [7, 11) is -0.658. The summed E-state index contributed by atoms with van der Waals surface area (Å²) in [4.78, 5) is 0. The number of hydrogen-bond acceptors (Lipinski definition) is 3. The molecule has 0 saturated heterocycles. The van der Waals surface area contributed by atoms with Crippen molar-refractivity contribution in [2.75, 3.05) is 25.1 Å². The molecule has 0 saturated carbocycles. The Kier molecular flexibility index (Phi) is 7.75. The van der Waals surface area contributed by atoms with E-state index >= 15 is 0 Å². The summed E-state index contributed by atoms with van der Waals surface area (Å²) >= 11 is 0. The van der Waals surface area contributed by atoms with Crippen LogP contribution in [0.1, 0.15) is 19.8 Å². The van der Waals surface area contributed by atoms with Crippen molar-refractivity contribution in [3.05, 3.63) is 0 Å². The van der Waals surface area contributed by atoms with E-state index in [-0.39, 0.29) is 0 Å². The van der Waals surface area contributed by atoms with Gasteiger partial charge in [-0.25, -0.2) is 0 Å². The molecule has 0 aliphatic heterocycles. The average molecular weight is 192 g/mol. The van der Waals surface area contributed by atoms with Crippen molar-refractivity contribution >= 4 is 10.8 Å². The lowest BCUT2D eigenvalue weighted by Gasteiger charge is -2.11. The Hall–Kier alpha value is 0.0700. The average Bonchev–Trinajstić information content (AvgIpc) is 2.01. The van der Waals surface area contributed by atoms with E-state index in [0.717, 1.165) is 31.7 Å². The first kappa shape index (κ1) is 12.1. The second-order valence-electron chi connectivity index (χ2n) is 3.06. The SMILES string of the molecule is CC(CCS(C)=O)NCCCN. The first-order valence-electron chi connectivity index (χ1n) is 4.40. The normalized spacial score (nSPS) is 15.9. The Morgan fingerprint density at radius 2 is 2.25 bits per heavy atom. The molecule has 0 rings (SSSR count). The van der Waals surface area contributed by atoms with Crippen molar-refractivity contribution in [2.24, 2.45) is 5.73 Å². The molecule has 0 spiro atoms. The van der Waals surface area contributed by atoms with Crippen molar-refractivity contribution in [3.8, 4) is 0 Å². The summed E-state index contributed by atoms with van der Waals surface area (Å²) in [6.45, 7) is 3.82. The van der Waals surface area contributed by atoms with E-state index in [0.29, 0.717) is 6.04 Å². The maximum absolute atomic E-state index is 10.7. The van der Waals surface area contributed by atoms with E-state index in [1.807, 2.05) is 0 Å². The molecule has 0 fully saturated rings. The van der Waals surface area contributed by atoms with Gasteiger partial charge in [0.1, 0.15) is 0 Å². The zero-order valence-electron chi connectivity index (χ0n) is 8.01. The van der Waals surface area contributed by atoms with Crippen LogP contribution in [0, 0.1) is 0 Å². The van der Waals surface area contributed by atoms with Crippen LogP contribution in [0.15, 0.2) is 0 Å². The Balaban J connectivity index is 3.21. The predicted molar refractivity (Wildman–Crippen MR) is 54.7 cm³/mol. The molecule has 0 aliphatic rings. The molecule has 3 nitrogen and oxygen atoms in total. The summed E-state index contributed by atoms with van der Waals surface area (Å²) < 4.78 is 10.7. The van der Waals surface area contributed by atoms with Crippen LogP contribution in [0.4, 0.5) is 0 Å². The van der Waals surface area contributed by atoms with Crippen molar-refractivity contribution in [1.29, 1.82) is 0 Å². The third-order valence-electron chi connectivity index (χ3n) is 1.71. The van der Waals surface area contributed by atoms with Crippen LogP contribution in [0.25, 0.3) is 0 Å². The lowest BCUT2D eigenvalue weighted by molar-refractivity contribution is 0.527. The fraction of sp³-hybridized carbons (Fsp3) is 1.00. The van der Waals surface area contributed by atoms with Gasteiger partial charge in [0.25, 0.3) is 0 Å². The second-order valence-corrected chi connectivity index (χ2v) is 4.62. The van der Waals surface area contributed by atoms with Crippen molar-refractivity contribution in [2.45, 2.75) is 25.8 Å². The molecule has 12 heavy (non-hydrogen) atoms. The highest BCUT2D eigenvalue weighted by Crippen LogP contribution is 1.92.